The zero-order chi connectivity index (χ0) is 19.8. The summed E-state index contributed by atoms with van der Waals surface area (Å²) in [7, 11) is 0. The number of carboxylic acid groups (broad SMARTS) is 1. The third-order valence-electron chi connectivity index (χ3n) is 4.52. The van der Waals surface area contributed by atoms with Gasteiger partial charge in [0.2, 0.25) is 5.43 Å². The second-order valence-electron chi connectivity index (χ2n) is 6.28. The van der Waals surface area contributed by atoms with E-state index in [1.165, 1.54) is 10.6 Å². The highest BCUT2D eigenvalue weighted by Gasteiger charge is 2.22. The molecule has 1 fully saturated rings. The van der Waals surface area contributed by atoms with Crippen LogP contribution in [-0.4, -0.2) is 51.8 Å². The number of nitrogens with zero attached hydrogens (tertiary/aromatic N) is 4. The van der Waals surface area contributed by atoms with E-state index in [4.69, 9.17) is 0 Å². The molecule has 0 radical (unpaired) electrons. The van der Waals surface area contributed by atoms with Gasteiger partial charge in [-0.05, 0) is 18.2 Å². The first kappa shape index (κ1) is 20.6. The number of rotatable bonds is 3. The number of fused-ring (bicyclic) bond motifs is 1. The molecule has 0 unspecified atom stereocenters. The molecule has 2 N–H and O–H groups in total. The van der Waals surface area contributed by atoms with E-state index in [2.05, 4.69) is 15.3 Å². The molecule has 3 aromatic heterocycles. The van der Waals surface area contributed by atoms with Crippen molar-refractivity contribution in [3.8, 4) is 5.82 Å². The minimum atomic E-state index is -1.46. The maximum Gasteiger partial charge on any atom is 0.341 e. The Kier molecular flexibility index (Phi) is 5.76. The topological polar surface area (TPSA) is 100 Å². The number of aromatic carboxylic acids is 1. The Bertz CT molecular complexity index is 1130. The predicted octanol–water partition coefficient (Wildman–Crippen LogP) is 1.59. The lowest BCUT2D eigenvalue weighted by Gasteiger charge is -2.29. The van der Waals surface area contributed by atoms with E-state index < -0.39 is 28.6 Å². The number of carboxylic acids is 1. The molecule has 29 heavy (non-hydrogen) atoms. The molecular formula is C18H16ClF2N5O3. The fourth-order valence-corrected chi connectivity index (χ4v) is 3.15. The summed E-state index contributed by atoms with van der Waals surface area (Å²) in [6.07, 6.45) is 2.03. The first-order valence-electron chi connectivity index (χ1n) is 8.52. The molecule has 0 aromatic carbocycles. The van der Waals surface area contributed by atoms with Crippen molar-refractivity contribution in [1.82, 2.24) is 19.9 Å². The molecule has 8 nitrogen and oxygen atoms in total. The third kappa shape index (κ3) is 3.76. The zero-order valence-electron chi connectivity index (χ0n) is 14.9. The van der Waals surface area contributed by atoms with Gasteiger partial charge in [0.15, 0.2) is 17.3 Å². The molecule has 1 aliphatic heterocycles. The molecule has 0 bridgehead atoms. The number of halogens is 3. The Morgan fingerprint density at radius 2 is 1.93 bits per heavy atom. The maximum absolute atomic E-state index is 14.7. The Hall–Kier alpha value is -3.11. The van der Waals surface area contributed by atoms with Gasteiger partial charge in [0.25, 0.3) is 0 Å². The molecular weight excluding hydrogens is 408 g/mol. The van der Waals surface area contributed by atoms with E-state index in [-0.39, 0.29) is 35.1 Å². The molecule has 0 saturated carbocycles. The van der Waals surface area contributed by atoms with Gasteiger partial charge in [0, 0.05) is 32.4 Å². The molecule has 4 rings (SSSR count). The van der Waals surface area contributed by atoms with Crippen LogP contribution in [0.3, 0.4) is 0 Å². The van der Waals surface area contributed by atoms with Gasteiger partial charge < -0.3 is 15.3 Å². The van der Waals surface area contributed by atoms with Crippen molar-refractivity contribution in [1.29, 1.82) is 0 Å². The first-order chi connectivity index (χ1) is 13.5. The smallest absolute Gasteiger partial charge is 0.341 e. The number of nitrogens with one attached hydrogen (secondary N) is 1. The average molecular weight is 424 g/mol. The van der Waals surface area contributed by atoms with Gasteiger partial charge in [-0.2, -0.15) is 0 Å². The van der Waals surface area contributed by atoms with E-state index in [9.17, 15) is 23.5 Å². The Morgan fingerprint density at radius 1 is 1.21 bits per heavy atom. The Balaban J connectivity index is 0.00000240. The molecule has 1 saturated heterocycles. The largest absolute Gasteiger partial charge is 0.477 e. The number of hydrogen-bond donors (Lipinski definition) is 2. The highest BCUT2D eigenvalue weighted by molar-refractivity contribution is 5.92. The van der Waals surface area contributed by atoms with Crippen molar-refractivity contribution < 1.29 is 18.7 Å². The fraction of sp³-hybridized carbons (Fsp3) is 0.222. The van der Waals surface area contributed by atoms with Crippen LogP contribution in [0.15, 0.2) is 35.4 Å². The van der Waals surface area contributed by atoms with Gasteiger partial charge in [-0.1, -0.05) is 0 Å². The number of carbonyl (C=O) groups is 1. The van der Waals surface area contributed by atoms with Gasteiger partial charge in [0.1, 0.15) is 17.2 Å². The lowest BCUT2D eigenvalue weighted by molar-refractivity contribution is 0.0695. The van der Waals surface area contributed by atoms with Crippen molar-refractivity contribution in [3.63, 3.8) is 0 Å². The number of aromatic nitrogens is 3. The molecule has 11 heteroatoms. The molecule has 0 spiro atoms. The standard InChI is InChI=1S/C18H15F2N5O3.ClH/c19-10-1-2-14(22-8-10)25-9-12(18(27)28)15(26)11-7-13(20)17(23-16(11)25)24-5-3-21-4-6-24;/h1-2,7-9,21H,3-6H2,(H,27,28);1H. The Labute approximate surface area is 169 Å². The van der Waals surface area contributed by atoms with Crippen molar-refractivity contribution in [2.45, 2.75) is 0 Å². The lowest BCUT2D eigenvalue weighted by atomic mass is 10.1. The summed E-state index contributed by atoms with van der Waals surface area (Å²) in [6.45, 7) is 2.37. The van der Waals surface area contributed by atoms with Crippen LogP contribution in [0.1, 0.15) is 10.4 Å². The minimum Gasteiger partial charge on any atom is -0.477 e. The van der Waals surface area contributed by atoms with Gasteiger partial charge in [0.05, 0.1) is 11.6 Å². The van der Waals surface area contributed by atoms with Gasteiger partial charge in [-0.3, -0.25) is 9.36 Å². The fourth-order valence-electron chi connectivity index (χ4n) is 3.15. The maximum atomic E-state index is 14.7. The molecule has 0 atom stereocenters. The predicted molar refractivity (Wildman–Crippen MR) is 104 cm³/mol. The average Bonchev–Trinajstić information content (AvgIpc) is 2.69. The molecule has 3 aromatic rings. The lowest BCUT2D eigenvalue weighted by Crippen LogP contribution is -2.44. The summed E-state index contributed by atoms with van der Waals surface area (Å²) in [6, 6.07) is 3.46. The molecule has 152 valence electrons. The van der Waals surface area contributed by atoms with E-state index in [0.717, 1.165) is 24.5 Å². The van der Waals surface area contributed by atoms with E-state index in [1.54, 1.807) is 4.90 Å². The zero-order valence-corrected chi connectivity index (χ0v) is 15.7. The van der Waals surface area contributed by atoms with Crippen LogP contribution in [-0.2, 0) is 0 Å². The van der Waals surface area contributed by atoms with Crippen LogP contribution in [0.5, 0.6) is 0 Å². The third-order valence-corrected chi connectivity index (χ3v) is 4.52. The van der Waals surface area contributed by atoms with Crippen LogP contribution in [0.4, 0.5) is 14.6 Å². The van der Waals surface area contributed by atoms with Crippen LogP contribution >= 0.6 is 12.4 Å². The van der Waals surface area contributed by atoms with Crippen LogP contribution < -0.4 is 15.6 Å². The van der Waals surface area contributed by atoms with Crippen LogP contribution in [0, 0.1) is 11.6 Å². The summed E-state index contributed by atoms with van der Waals surface area (Å²) in [4.78, 5) is 34.0. The van der Waals surface area contributed by atoms with Crippen molar-refractivity contribution >= 4 is 35.2 Å². The second kappa shape index (κ2) is 8.10. The van der Waals surface area contributed by atoms with Crippen LogP contribution in [0.2, 0.25) is 0 Å². The highest BCUT2D eigenvalue weighted by Crippen LogP contribution is 2.23. The number of hydrogen-bond acceptors (Lipinski definition) is 6. The van der Waals surface area contributed by atoms with Crippen molar-refractivity contribution in [3.05, 3.63) is 58.0 Å². The summed E-state index contributed by atoms with van der Waals surface area (Å²) in [5, 5.41) is 12.3. The van der Waals surface area contributed by atoms with Crippen molar-refractivity contribution in [2.75, 3.05) is 31.1 Å². The van der Waals surface area contributed by atoms with Crippen molar-refractivity contribution in [2.24, 2.45) is 0 Å². The molecule has 1 aliphatic rings. The molecule has 0 aliphatic carbocycles. The second-order valence-corrected chi connectivity index (χ2v) is 6.28. The van der Waals surface area contributed by atoms with Gasteiger partial charge in [-0.25, -0.2) is 23.5 Å². The monoisotopic (exact) mass is 423 g/mol. The summed E-state index contributed by atoms with van der Waals surface area (Å²) in [5.74, 6) is -2.54. The highest BCUT2D eigenvalue weighted by atomic mass is 35.5. The van der Waals surface area contributed by atoms with Gasteiger partial charge >= 0.3 is 5.97 Å². The Morgan fingerprint density at radius 3 is 2.55 bits per heavy atom. The van der Waals surface area contributed by atoms with Gasteiger partial charge in [-0.15, -0.1) is 12.4 Å². The minimum absolute atomic E-state index is 0. The van der Waals surface area contributed by atoms with E-state index in [0.29, 0.717) is 26.2 Å². The van der Waals surface area contributed by atoms with Crippen LogP contribution in [0.25, 0.3) is 16.9 Å². The summed E-state index contributed by atoms with van der Waals surface area (Å²) < 4.78 is 29.2. The van der Waals surface area contributed by atoms with E-state index in [1.807, 2.05) is 0 Å². The summed E-state index contributed by atoms with van der Waals surface area (Å²) >= 11 is 0. The number of anilines is 1. The summed E-state index contributed by atoms with van der Waals surface area (Å²) in [5.41, 5.74) is -1.36. The first-order valence-corrected chi connectivity index (χ1v) is 8.52. The number of pyridine rings is 3. The normalized spacial score (nSPS) is 13.9. The SMILES string of the molecule is Cl.O=C(O)c1cn(-c2ccc(F)cn2)c2nc(N3CCNCC3)c(F)cc2c1=O. The number of piperazine rings is 1. The molecule has 4 heterocycles. The van der Waals surface area contributed by atoms with E-state index >= 15 is 0 Å². The quantitative estimate of drug-likeness (QED) is 0.659. The molecule has 0 amide bonds.